The van der Waals surface area contributed by atoms with Crippen molar-refractivity contribution in [2.45, 2.75) is 12.1 Å². The summed E-state index contributed by atoms with van der Waals surface area (Å²) in [6, 6.07) is 26.6. The molecule has 2 aliphatic rings. The Bertz CT molecular complexity index is 1010. The highest BCUT2D eigenvalue weighted by atomic mass is 16.2. The Hall–Kier alpha value is -3.13. The van der Waals surface area contributed by atoms with Crippen LogP contribution in [-0.2, 0) is 12.1 Å². The van der Waals surface area contributed by atoms with Crippen molar-refractivity contribution in [3.05, 3.63) is 113 Å². The second-order valence-corrected chi connectivity index (χ2v) is 6.61. The van der Waals surface area contributed by atoms with Crippen molar-refractivity contribution in [1.29, 1.82) is 0 Å². The van der Waals surface area contributed by atoms with E-state index >= 15 is 0 Å². The first-order valence-corrected chi connectivity index (χ1v) is 8.55. The van der Waals surface area contributed by atoms with Crippen molar-refractivity contribution >= 4 is 12.0 Å². The molecule has 1 aliphatic heterocycles. The molecule has 0 saturated carbocycles. The lowest BCUT2D eigenvalue weighted by atomic mass is 9.84. The van der Waals surface area contributed by atoms with Crippen molar-refractivity contribution in [2.75, 3.05) is 0 Å². The fraction of sp³-hybridized carbons (Fsp3) is 0.0870. The van der Waals surface area contributed by atoms with Gasteiger partial charge in [-0.05, 0) is 34.4 Å². The van der Waals surface area contributed by atoms with Crippen LogP contribution < -0.4 is 0 Å². The van der Waals surface area contributed by atoms with E-state index in [1.54, 1.807) is 0 Å². The summed E-state index contributed by atoms with van der Waals surface area (Å²) in [4.78, 5) is 15.3. The Morgan fingerprint density at radius 2 is 1.44 bits per heavy atom. The van der Waals surface area contributed by atoms with Crippen molar-refractivity contribution in [3.8, 4) is 0 Å². The summed E-state index contributed by atoms with van der Waals surface area (Å²) in [5.74, 6) is 0.0980. The summed E-state index contributed by atoms with van der Waals surface area (Å²) in [7, 11) is 0. The minimum absolute atomic E-state index is 0.0980. The van der Waals surface area contributed by atoms with Crippen molar-refractivity contribution in [1.82, 2.24) is 4.90 Å². The van der Waals surface area contributed by atoms with Crippen LogP contribution in [-0.4, -0.2) is 10.8 Å². The van der Waals surface area contributed by atoms with E-state index in [2.05, 4.69) is 48.6 Å². The predicted molar refractivity (Wildman–Crippen MR) is 99.0 cm³/mol. The molecule has 120 valence electrons. The van der Waals surface area contributed by atoms with Crippen LogP contribution >= 0.6 is 0 Å². The molecule has 1 spiro atoms. The van der Waals surface area contributed by atoms with Crippen LogP contribution in [0.2, 0.25) is 0 Å². The van der Waals surface area contributed by atoms with Gasteiger partial charge in [0.15, 0.2) is 0 Å². The van der Waals surface area contributed by atoms with Gasteiger partial charge in [-0.15, -0.1) is 0 Å². The number of fused-ring (bicyclic) bond motifs is 4. The standard InChI is InChI=1S/C23H17NO/c25-22-19-11-5-7-13-21(19)23(15-14-18-10-4-6-12-20(18)23)24(22)16-17-8-2-1-3-9-17/h1-15H,16H2. The smallest absolute Gasteiger partial charge is 0.255 e. The lowest BCUT2D eigenvalue weighted by Gasteiger charge is -2.36. The van der Waals surface area contributed by atoms with Crippen LogP contribution in [0.4, 0.5) is 0 Å². The molecule has 0 fully saturated rings. The molecule has 0 aromatic heterocycles. The minimum Gasteiger partial charge on any atom is -0.317 e. The number of amides is 1. The van der Waals surface area contributed by atoms with Gasteiger partial charge < -0.3 is 4.90 Å². The van der Waals surface area contributed by atoms with Gasteiger partial charge in [-0.1, -0.05) is 78.9 Å². The SMILES string of the molecule is O=C1c2ccccc2C2(C=Cc3ccccc32)N1Cc1ccccc1. The third kappa shape index (κ3) is 1.88. The van der Waals surface area contributed by atoms with Crippen LogP contribution in [0.3, 0.4) is 0 Å². The summed E-state index contributed by atoms with van der Waals surface area (Å²) >= 11 is 0. The van der Waals surface area contributed by atoms with Crippen LogP contribution in [0.5, 0.6) is 0 Å². The van der Waals surface area contributed by atoms with Crippen molar-refractivity contribution in [3.63, 3.8) is 0 Å². The van der Waals surface area contributed by atoms with Gasteiger partial charge in [0.2, 0.25) is 0 Å². The normalized spacial score (nSPS) is 20.2. The summed E-state index contributed by atoms with van der Waals surface area (Å²) in [6.45, 7) is 0.590. The van der Waals surface area contributed by atoms with Gasteiger partial charge in [-0.2, -0.15) is 0 Å². The number of benzene rings is 3. The van der Waals surface area contributed by atoms with E-state index in [0.29, 0.717) is 6.54 Å². The quantitative estimate of drug-likeness (QED) is 0.674. The molecule has 1 amide bonds. The molecule has 1 aliphatic carbocycles. The number of carbonyl (C=O) groups excluding carboxylic acids is 1. The number of hydrogen-bond donors (Lipinski definition) is 0. The first-order valence-electron chi connectivity index (χ1n) is 8.55. The highest BCUT2D eigenvalue weighted by Gasteiger charge is 2.51. The summed E-state index contributed by atoms with van der Waals surface area (Å²) in [6.07, 6.45) is 4.33. The molecule has 1 unspecified atom stereocenters. The van der Waals surface area contributed by atoms with Gasteiger partial charge in [-0.25, -0.2) is 0 Å². The number of hydrogen-bond acceptors (Lipinski definition) is 1. The monoisotopic (exact) mass is 323 g/mol. The topological polar surface area (TPSA) is 20.3 Å². The third-order valence-corrected chi connectivity index (χ3v) is 5.30. The molecule has 0 radical (unpaired) electrons. The first kappa shape index (κ1) is 14.2. The molecule has 3 aromatic rings. The molecule has 2 nitrogen and oxygen atoms in total. The Balaban J connectivity index is 1.73. The van der Waals surface area contributed by atoms with Crippen LogP contribution in [0.25, 0.3) is 6.08 Å². The van der Waals surface area contributed by atoms with Gasteiger partial charge in [0.05, 0.1) is 0 Å². The summed E-state index contributed by atoms with van der Waals surface area (Å²) < 4.78 is 0. The second kappa shape index (κ2) is 5.18. The number of nitrogens with zero attached hydrogens (tertiary/aromatic N) is 1. The van der Waals surface area contributed by atoms with E-state index in [1.807, 2.05) is 47.4 Å². The highest BCUT2D eigenvalue weighted by Crippen LogP contribution is 2.50. The Kier molecular flexibility index (Phi) is 2.95. The van der Waals surface area contributed by atoms with E-state index in [9.17, 15) is 4.79 Å². The molecule has 5 rings (SSSR count). The van der Waals surface area contributed by atoms with E-state index in [1.165, 1.54) is 11.1 Å². The molecule has 25 heavy (non-hydrogen) atoms. The Labute approximate surface area is 147 Å². The van der Waals surface area contributed by atoms with E-state index in [4.69, 9.17) is 0 Å². The molecular formula is C23H17NO. The van der Waals surface area contributed by atoms with Gasteiger partial charge in [0.1, 0.15) is 5.54 Å². The molecule has 0 saturated heterocycles. The largest absolute Gasteiger partial charge is 0.317 e. The number of carbonyl (C=O) groups is 1. The van der Waals surface area contributed by atoms with E-state index < -0.39 is 5.54 Å². The second-order valence-electron chi connectivity index (χ2n) is 6.61. The zero-order valence-corrected chi connectivity index (χ0v) is 13.7. The molecule has 0 N–H and O–H groups in total. The van der Waals surface area contributed by atoms with E-state index in [-0.39, 0.29) is 5.91 Å². The molecule has 3 aromatic carbocycles. The van der Waals surface area contributed by atoms with Crippen LogP contribution in [0.15, 0.2) is 84.9 Å². The maximum Gasteiger partial charge on any atom is 0.255 e. The molecule has 1 atom stereocenters. The Morgan fingerprint density at radius 3 is 2.28 bits per heavy atom. The maximum absolute atomic E-state index is 13.3. The Morgan fingerprint density at radius 1 is 0.760 bits per heavy atom. The van der Waals surface area contributed by atoms with Gasteiger partial charge in [-0.3, -0.25) is 4.79 Å². The highest BCUT2D eigenvalue weighted by molar-refractivity contribution is 6.02. The average Bonchev–Trinajstić information content (AvgIpc) is 3.16. The van der Waals surface area contributed by atoms with Gasteiger partial charge in [0, 0.05) is 12.1 Å². The van der Waals surface area contributed by atoms with Crippen LogP contribution in [0.1, 0.15) is 32.6 Å². The van der Waals surface area contributed by atoms with Gasteiger partial charge in [0.25, 0.3) is 5.91 Å². The first-order chi connectivity index (χ1) is 12.3. The van der Waals surface area contributed by atoms with E-state index in [0.717, 1.165) is 16.7 Å². The van der Waals surface area contributed by atoms with Crippen molar-refractivity contribution in [2.24, 2.45) is 0 Å². The zero-order chi connectivity index (χ0) is 16.9. The third-order valence-electron chi connectivity index (χ3n) is 5.30. The zero-order valence-electron chi connectivity index (χ0n) is 13.7. The predicted octanol–water partition coefficient (Wildman–Crippen LogP) is 4.61. The summed E-state index contributed by atoms with van der Waals surface area (Å²) in [5.41, 5.74) is 4.90. The minimum atomic E-state index is -0.500. The molecule has 0 bridgehead atoms. The van der Waals surface area contributed by atoms with Crippen LogP contribution in [0, 0.1) is 0 Å². The maximum atomic E-state index is 13.3. The molecule has 2 heteroatoms. The molecular weight excluding hydrogens is 306 g/mol. The van der Waals surface area contributed by atoms with Crippen molar-refractivity contribution < 1.29 is 4.79 Å². The fourth-order valence-electron chi connectivity index (χ4n) is 4.18. The van der Waals surface area contributed by atoms with Gasteiger partial charge >= 0.3 is 0 Å². The summed E-state index contributed by atoms with van der Waals surface area (Å²) in [5, 5.41) is 0. The lowest BCUT2D eigenvalue weighted by molar-refractivity contribution is 0.0671. The average molecular weight is 323 g/mol. The molecule has 1 heterocycles. The number of rotatable bonds is 2. The fourth-order valence-corrected chi connectivity index (χ4v) is 4.18. The lowest BCUT2D eigenvalue weighted by Crippen LogP contribution is -2.41.